The van der Waals surface area contributed by atoms with E-state index in [1.807, 2.05) is 0 Å². The average molecular weight is 237 g/mol. The van der Waals surface area contributed by atoms with E-state index in [0.29, 0.717) is 10.6 Å². The van der Waals surface area contributed by atoms with Gasteiger partial charge in [0, 0.05) is 11.4 Å². The third-order valence-corrected chi connectivity index (χ3v) is 2.77. The molecule has 1 aromatic rings. The Morgan fingerprint density at radius 1 is 1.29 bits per heavy atom. The van der Waals surface area contributed by atoms with E-state index in [9.17, 15) is 8.42 Å². The molecule has 0 aliphatic carbocycles. The van der Waals surface area contributed by atoms with Crippen molar-refractivity contribution < 1.29 is 18.1 Å². The van der Waals surface area contributed by atoms with Crippen molar-refractivity contribution in [3.05, 3.63) is 34.9 Å². The topological polar surface area (TPSA) is 74.6 Å². The van der Waals surface area contributed by atoms with Crippen LogP contribution in [0.3, 0.4) is 0 Å². The number of hydrogen-bond donors (Lipinski definition) is 2. The molecule has 0 bridgehead atoms. The first-order valence-electron chi connectivity index (χ1n) is 3.78. The van der Waals surface area contributed by atoms with Crippen molar-refractivity contribution in [1.29, 1.82) is 0 Å². The van der Waals surface area contributed by atoms with Crippen LogP contribution >= 0.6 is 11.6 Å². The molecule has 0 saturated carbocycles. The zero-order chi connectivity index (χ0) is 10.8. The predicted octanol–water partition coefficient (Wildman–Crippen LogP) is 1.09. The van der Waals surface area contributed by atoms with Crippen LogP contribution in [0.5, 0.6) is 0 Å². The van der Waals surface area contributed by atoms with Crippen LogP contribution in [-0.4, -0.2) is 23.5 Å². The molecule has 0 radical (unpaired) electrons. The van der Waals surface area contributed by atoms with Gasteiger partial charge in [0.1, 0.15) is 0 Å². The molecule has 1 aromatic carbocycles. The van der Waals surface area contributed by atoms with Crippen LogP contribution < -0.4 is 0 Å². The third-order valence-electron chi connectivity index (χ3n) is 1.67. The summed E-state index contributed by atoms with van der Waals surface area (Å²) in [6.07, 6.45) is -0.157. The van der Waals surface area contributed by atoms with Gasteiger partial charge in [0.25, 0.3) is 10.1 Å². The Morgan fingerprint density at radius 3 is 2.21 bits per heavy atom. The van der Waals surface area contributed by atoms with Crippen LogP contribution in [0.15, 0.2) is 24.3 Å². The Kier molecular flexibility index (Phi) is 3.49. The van der Waals surface area contributed by atoms with Gasteiger partial charge in [-0.3, -0.25) is 4.55 Å². The van der Waals surface area contributed by atoms with Crippen LogP contribution in [0, 0.1) is 0 Å². The zero-order valence-electron chi connectivity index (χ0n) is 7.09. The summed E-state index contributed by atoms with van der Waals surface area (Å²) in [5, 5.41) is 9.56. The molecule has 0 unspecified atom stereocenters. The monoisotopic (exact) mass is 236 g/mol. The maximum absolute atomic E-state index is 10.5. The van der Waals surface area contributed by atoms with Crippen LogP contribution in [0.4, 0.5) is 0 Å². The highest BCUT2D eigenvalue weighted by molar-refractivity contribution is 7.86. The van der Waals surface area contributed by atoms with E-state index in [1.54, 1.807) is 24.3 Å². The Balaban J connectivity index is 2.75. The van der Waals surface area contributed by atoms with Gasteiger partial charge in [0.2, 0.25) is 0 Å². The fourth-order valence-corrected chi connectivity index (χ4v) is 1.46. The smallest absolute Gasteiger partial charge is 0.292 e. The van der Waals surface area contributed by atoms with Gasteiger partial charge in [-0.25, -0.2) is 0 Å². The average Bonchev–Trinajstić information content (AvgIpc) is 2.07. The molecule has 78 valence electrons. The Labute approximate surface area is 86.9 Å². The van der Waals surface area contributed by atoms with Crippen molar-refractivity contribution in [1.82, 2.24) is 0 Å². The van der Waals surface area contributed by atoms with E-state index < -0.39 is 15.6 Å². The highest BCUT2D eigenvalue weighted by atomic mass is 35.5. The highest BCUT2D eigenvalue weighted by Gasteiger charge is 2.19. The molecule has 0 heterocycles. The summed E-state index contributed by atoms with van der Waals surface area (Å²) in [6, 6.07) is 6.31. The number of hydrogen-bond acceptors (Lipinski definition) is 3. The molecule has 0 amide bonds. The minimum absolute atomic E-state index is 0.157. The van der Waals surface area contributed by atoms with E-state index in [-0.39, 0.29) is 6.42 Å². The molecule has 0 fully saturated rings. The first-order valence-corrected chi connectivity index (χ1v) is 5.66. The number of halogens is 1. The second kappa shape index (κ2) is 4.27. The fourth-order valence-electron chi connectivity index (χ4n) is 0.927. The minimum atomic E-state index is -4.39. The van der Waals surface area contributed by atoms with Gasteiger partial charge in [-0.05, 0) is 17.7 Å². The third kappa shape index (κ3) is 3.26. The molecule has 0 saturated heterocycles. The Morgan fingerprint density at radius 2 is 1.79 bits per heavy atom. The lowest BCUT2D eigenvalue weighted by Gasteiger charge is -2.06. The summed E-state index contributed by atoms with van der Waals surface area (Å²) in [6.45, 7) is 0. The maximum atomic E-state index is 10.5. The molecule has 0 aliphatic heterocycles. The normalized spacial score (nSPS) is 13.9. The van der Waals surface area contributed by atoms with E-state index in [0.717, 1.165) is 0 Å². The van der Waals surface area contributed by atoms with Crippen molar-refractivity contribution in [2.24, 2.45) is 0 Å². The molecule has 4 nitrogen and oxygen atoms in total. The summed E-state index contributed by atoms with van der Waals surface area (Å²) in [4.78, 5) is 0. The lowest BCUT2D eigenvalue weighted by molar-refractivity contribution is 0.234. The first kappa shape index (κ1) is 11.5. The van der Waals surface area contributed by atoms with Crippen LogP contribution in [-0.2, 0) is 16.5 Å². The number of benzene rings is 1. The first-order chi connectivity index (χ1) is 6.39. The fraction of sp³-hybridized carbons (Fsp3) is 0.250. The molecular weight excluding hydrogens is 228 g/mol. The predicted molar refractivity (Wildman–Crippen MR) is 52.7 cm³/mol. The van der Waals surface area contributed by atoms with Crippen LogP contribution in [0.2, 0.25) is 5.02 Å². The largest absolute Gasteiger partial charge is 0.375 e. The lowest BCUT2D eigenvalue weighted by atomic mass is 10.2. The summed E-state index contributed by atoms with van der Waals surface area (Å²) in [5.41, 5.74) is -1.21. The number of rotatable bonds is 3. The molecule has 14 heavy (non-hydrogen) atoms. The Hall–Kier alpha value is -0.620. The molecule has 6 heteroatoms. The summed E-state index contributed by atoms with van der Waals surface area (Å²) in [7, 11) is -4.39. The van der Waals surface area contributed by atoms with Crippen molar-refractivity contribution in [2.45, 2.75) is 11.9 Å². The van der Waals surface area contributed by atoms with E-state index in [1.165, 1.54) is 0 Å². The van der Waals surface area contributed by atoms with Gasteiger partial charge in [-0.1, -0.05) is 23.7 Å². The molecule has 1 atom stereocenters. The SMILES string of the molecule is O=S(=O)(O)[C@@H](O)Cc1ccc(Cl)cc1. The van der Waals surface area contributed by atoms with E-state index >= 15 is 0 Å². The molecule has 2 N–H and O–H groups in total. The summed E-state index contributed by atoms with van der Waals surface area (Å²) >= 11 is 5.61. The van der Waals surface area contributed by atoms with Gasteiger partial charge in [0.15, 0.2) is 5.44 Å². The molecule has 0 aliphatic rings. The van der Waals surface area contributed by atoms with Gasteiger partial charge in [0.05, 0.1) is 0 Å². The maximum Gasteiger partial charge on any atom is 0.292 e. The highest BCUT2D eigenvalue weighted by Crippen LogP contribution is 2.12. The van der Waals surface area contributed by atoms with E-state index in [4.69, 9.17) is 21.3 Å². The Bertz CT molecular complexity index is 398. The quantitative estimate of drug-likeness (QED) is 0.771. The minimum Gasteiger partial charge on any atom is -0.375 e. The second-order valence-corrected chi connectivity index (χ2v) is 4.81. The van der Waals surface area contributed by atoms with Gasteiger partial charge < -0.3 is 5.11 Å². The van der Waals surface area contributed by atoms with Gasteiger partial charge >= 0.3 is 0 Å². The summed E-state index contributed by atoms with van der Waals surface area (Å²) < 4.78 is 29.5. The second-order valence-electron chi connectivity index (χ2n) is 2.80. The molecular formula is C8H9ClO4S. The number of aliphatic hydroxyl groups is 1. The standard InChI is InChI=1S/C8H9ClO4S/c9-7-3-1-6(2-4-7)5-8(10)14(11,12)13/h1-4,8,10H,5H2,(H,11,12,13)/t8-/m1/s1. The van der Waals surface area contributed by atoms with E-state index in [2.05, 4.69) is 0 Å². The summed E-state index contributed by atoms with van der Waals surface area (Å²) in [5.74, 6) is 0. The van der Waals surface area contributed by atoms with Crippen molar-refractivity contribution in [3.8, 4) is 0 Å². The molecule has 0 aromatic heterocycles. The molecule has 0 spiro atoms. The van der Waals surface area contributed by atoms with Gasteiger partial charge in [-0.2, -0.15) is 8.42 Å². The van der Waals surface area contributed by atoms with Crippen molar-refractivity contribution in [2.75, 3.05) is 0 Å². The van der Waals surface area contributed by atoms with Gasteiger partial charge in [-0.15, -0.1) is 0 Å². The molecule has 1 rings (SSSR count). The van der Waals surface area contributed by atoms with Crippen molar-refractivity contribution >= 4 is 21.7 Å². The number of aliphatic hydroxyl groups excluding tert-OH is 1. The van der Waals surface area contributed by atoms with Crippen LogP contribution in [0.1, 0.15) is 5.56 Å². The lowest BCUT2D eigenvalue weighted by Crippen LogP contribution is -2.22. The zero-order valence-corrected chi connectivity index (χ0v) is 8.66. The van der Waals surface area contributed by atoms with Crippen molar-refractivity contribution in [3.63, 3.8) is 0 Å². The van der Waals surface area contributed by atoms with Crippen LogP contribution in [0.25, 0.3) is 0 Å².